The van der Waals surface area contributed by atoms with E-state index < -0.39 is 16.6 Å². The molecule has 0 radical (unpaired) electrons. The molecule has 0 aliphatic rings. The zero-order valence-electron chi connectivity index (χ0n) is 9.58. The van der Waals surface area contributed by atoms with Crippen molar-refractivity contribution >= 4 is 10.8 Å². The summed E-state index contributed by atoms with van der Waals surface area (Å²) in [4.78, 5) is 11.6. The van der Waals surface area contributed by atoms with Gasteiger partial charge in [0.2, 0.25) is 0 Å². The van der Waals surface area contributed by atoms with E-state index in [0.717, 1.165) is 0 Å². The fraction of sp³-hybridized carbons (Fsp3) is 0.154. The van der Waals surface area contributed by atoms with Crippen molar-refractivity contribution in [2.75, 3.05) is 5.75 Å². The predicted molar refractivity (Wildman–Crippen MR) is 68.4 cm³/mol. The van der Waals surface area contributed by atoms with Gasteiger partial charge in [0.25, 0.3) is 5.56 Å². The molecule has 0 spiro atoms. The van der Waals surface area contributed by atoms with Crippen LogP contribution in [0.4, 0.5) is 4.39 Å². The quantitative estimate of drug-likeness (QED) is 0.845. The van der Waals surface area contributed by atoms with Crippen LogP contribution in [0.2, 0.25) is 0 Å². The highest BCUT2D eigenvalue weighted by atomic mass is 32.2. The van der Waals surface area contributed by atoms with E-state index in [-0.39, 0.29) is 16.2 Å². The first-order valence-corrected chi connectivity index (χ1v) is 6.79. The Bertz CT molecular complexity index is 624. The summed E-state index contributed by atoms with van der Waals surface area (Å²) >= 11 is 0. The third kappa shape index (κ3) is 2.92. The summed E-state index contributed by atoms with van der Waals surface area (Å²) < 4.78 is 26.7. The lowest BCUT2D eigenvalue weighted by Crippen LogP contribution is -2.21. The maximum Gasteiger partial charge on any atom is 0.250 e. The minimum absolute atomic E-state index is 0.150. The molecule has 18 heavy (non-hydrogen) atoms. The molecule has 0 bridgehead atoms. The molecular weight excluding hydrogens is 253 g/mol. The van der Waals surface area contributed by atoms with Crippen LogP contribution in [0.3, 0.4) is 0 Å². The van der Waals surface area contributed by atoms with Gasteiger partial charge in [-0.1, -0.05) is 18.2 Å². The van der Waals surface area contributed by atoms with Gasteiger partial charge in [0, 0.05) is 24.6 Å². The first-order chi connectivity index (χ1) is 8.68. The molecule has 1 heterocycles. The molecule has 3 nitrogen and oxygen atoms in total. The lowest BCUT2D eigenvalue weighted by molar-refractivity contribution is 0.594. The topological polar surface area (TPSA) is 39.1 Å². The molecule has 0 aliphatic carbocycles. The predicted octanol–water partition coefficient (Wildman–Crippen LogP) is 1.80. The number of benzene rings is 1. The van der Waals surface area contributed by atoms with Crippen molar-refractivity contribution in [3.63, 3.8) is 0 Å². The molecular formula is C13H12FNO2S. The van der Waals surface area contributed by atoms with E-state index in [9.17, 15) is 13.4 Å². The minimum Gasteiger partial charge on any atom is -0.315 e. The van der Waals surface area contributed by atoms with Gasteiger partial charge in [-0.2, -0.15) is 0 Å². The number of nitrogens with zero attached hydrogens (tertiary/aromatic N) is 1. The molecule has 0 fully saturated rings. The Morgan fingerprint density at radius 2 is 1.83 bits per heavy atom. The highest BCUT2D eigenvalue weighted by Gasteiger charge is 2.09. The highest BCUT2D eigenvalue weighted by molar-refractivity contribution is 7.85. The number of halogens is 1. The van der Waals surface area contributed by atoms with Crippen molar-refractivity contribution in [3.8, 4) is 0 Å². The fourth-order valence-corrected chi connectivity index (χ4v) is 2.66. The van der Waals surface area contributed by atoms with Crippen LogP contribution in [-0.4, -0.2) is 14.5 Å². The normalized spacial score (nSPS) is 12.3. The van der Waals surface area contributed by atoms with Crippen molar-refractivity contribution in [2.24, 2.45) is 0 Å². The monoisotopic (exact) mass is 265 g/mol. The van der Waals surface area contributed by atoms with E-state index in [2.05, 4.69) is 0 Å². The molecule has 1 aromatic carbocycles. The Hall–Kier alpha value is -1.75. The van der Waals surface area contributed by atoms with E-state index in [1.165, 1.54) is 22.8 Å². The van der Waals surface area contributed by atoms with Crippen LogP contribution in [0.5, 0.6) is 0 Å². The smallest absolute Gasteiger partial charge is 0.250 e. The van der Waals surface area contributed by atoms with Crippen LogP contribution < -0.4 is 5.56 Å². The number of hydrogen-bond acceptors (Lipinski definition) is 2. The Kier molecular flexibility index (Phi) is 4.04. The van der Waals surface area contributed by atoms with Crippen LogP contribution in [0.25, 0.3) is 0 Å². The van der Waals surface area contributed by atoms with Crippen LogP contribution in [0, 0.1) is 5.82 Å². The molecule has 5 heteroatoms. The summed E-state index contributed by atoms with van der Waals surface area (Å²) in [6, 6.07) is 10.8. The average Bonchev–Trinajstić information content (AvgIpc) is 2.38. The van der Waals surface area contributed by atoms with Crippen LogP contribution in [-0.2, 0) is 17.3 Å². The Morgan fingerprint density at radius 3 is 2.56 bits per heavy atom. The Morgan fingerprint density at radius 1 is 1.11 bits per heavy atom. The number of aromatic nitrogens is 1. The van der Waals surface area contributed by atoms with Gasteiger partial charge in [0.1, 0.15) is 5.82 Å². The second kappa shape index (κ2) is 5.73. The lowest BCUT2D eigenvalue weighted by atomic mass is 10.3. The molecule has 0 saturated heterocycles. The first kappa shape index (κ1) is 12.7. The SMILES string of the molecule is O=c1ccccn1CCS(=O)c1ccccc1F. The molecule has 1 atom stereocenters. The van der Waals surface area contributed by atoms with Gasteiger partial charge in [-0.25, -0.2) is 4.39 Å². The number of aryl methyl sites for hydroxylation is 1. The van der Waals surface area contributed by atoms with Crippen molar-refractivity contribution in [3.05, 3.63) is 64.8 Å². The molecule has 0 saturated carbocycles. The van der Waals surface area contributed by atoms with E-state index in [1.807, 2.05) is 0 Å². The highest BCUT2D eigenvalue weighted by Crippen LogP contribution is 2.11. The zero-order valence-corrected chi connectivity index (χ0v) is 10.4. The first-order valence-electron chi connectivity index (χ1n) is 5.47. The summed E-state index contributed by atoms with van der Waals surface area (Å²) in [6.45, 7) is 0.306. The van der Waals surface area contributed by atoms with E-state index >= 15 is 0 Å². The maximum absolute atomic E-state index is 13.4. The van der Waals surface area contributed by atoms with Crippen molar-refractivity contribution < 1.29 is 8.60 Å². The number of pyridine rings is 1. The fourth-order valence-electron chi connectivity index (χ4n) is 1.57. The van der Waals surface area contributed by atoms with Gasteiger partial charge in [-0.05, 0) is 18.2 Å². The standard InChI is InChI=1S/C13H12FNO2S/c14-11-5-1-2-6-12(11)18(17)10-9-15-8-4-3-7-13(15)16/h1-8H,9-10H2. The molecule has 1 unspecified atom stereocenters. The van der Waals surface area contributed by atoms with Crippen LogP contribution in [0.15, 0.2) is 58.4 Å². The Labute approximate surface area is 106 Å². The summed E-state index contributed by atoms with van der Waals surface area (Å²) in [5.74, 6) is -0.263. The van der Waals surface area contributed by atoms with E-state index in [0.29, 0.717) is 6.54 Å². The number of hydrogen-bond donors (Lipinski definition) is 0. The van der Waals surface area contributed by atoms with Crippen LogP contribution >= 0.6 is 0 Å². The lowest BCUT2D eigenvalue weighted by Gasteiger charge is -2.05. The van der Waals surface area contributed by atoms with Crippen molar-refractivity contribution in [2.45, 2.75) is 11.4 Å². The second-order valence-electron chi connectivity index (χ2n) is 3.71. The molecule has 0 amide bonds. The van der Waals surface area contributed by atoms with Crippen molar-refractivity contribution in [1.82, 2.24) is 4.57 Å². The summed E-state index contributed by atoms with van der Waals surface area (Å²) in [5, 5.41) is 0. The third-order valence-corrected chi connectivity index (χ3v) is 3.87. The second-order valence-corrected chi connectivity index (χ2v) is 5.25. The molecule has 2 rings (SSSR count). The summed E-state index contributed by atoms with van der Waals surface area (Å²) in [7, 11) is -1.44. The number of rotatable bonds is 4. The van der Waals surface area contributed by atoms with Crippen molar-refractivity contribution in [1.29, 1.82) is 0 Å². The average molecular weight is 265 g/mol. The third-order valence-electron chi connectivity index (χ3n) is 2.50. The molecule has 2 aromatic rings. The zero-order chi connectivity index (χ0) is 13.0. The van der Waals surface area contributed by atoms with Gasteiger partial charge in [-0.3, -0.25) is 9.00 Å². The van der Waals surface area contributed by atoms with Gasteiger partial charge >= 0.3 is 0 Å². The maximum atomic E-state index is 13.4. The van der Waals surface area contributed by atoms with Crippen LogP contribution in [0.1, 0.15) is 0 Å². The molecule has 0 aliphatic heterocycles. The van der Waals surface area contributed by atoms with E-state index in [4.69, 9.17) is 0 Å². The summed E-state index contributed by atoms with van der Waals surface area (Å²) in [5.41, 5.74) is -0.150. The Balaban J connectivity index is 2.08. The largest absolute Gasteiger partial charge is 0.315 e. The molecule has 94 valence electrons. The van der Waals surface area contributed by atoms with Gasteiger partial charge in [0.15, 0.2) is 0 Å². The summed E-state index contributed by atoms with van der Waals surface area (Å²) in [6.07, 6.45) is 1.63. The van der Waals surface area contributed by atoms with E-state index in [1.54, 1.807) is 30.5 Å². The minimum atomic E-state index is -1.44. The van der Waals surface area contributed by atoms with Gasteiger partial charge in [-0.15, -0.1) is 0 Å². The molecule has 1 aromatic heterocycles. The van der Waals surface area contributed by atoms with Gasteiger partial charge < -0.3 is 4.57 Å². The molecule has 0 N–H and O–H groups in total. The van der Waals surface area contributed by atoms with Gasteiger partial charge in [0.05, 0.1) is 15.7 Å².